The van der Waals surface area contributed by atoms with E-state index in [1.807, 2.05) is 6.07 Å². The van der Waals surface area contributed by atoms with E-state index in [1.165, 1.54) is 12.1 Å². The molecular weight excluding hydrogens is 342 g/mol. The maximum absolute atomic E-state index is 12.4. The lowest BCUT2D eigenvalue weighted by molar-refractivity contribution is -0.0499. The van der Waals surface area contributed by atoms with Crippen molar-refractivity contribution in [2.45, 2.75) is 6.61 Å². The molecule has 0 bridgehead atoms. The fourth-order valence-electron chi connectivity index (χ4n) is 1.68. The third kappa shape index (κ3) is 4.10. The van der Waals surface area contributed by atoms with Crippen LogP contribution in [0.2, 0.25) is 0 Å². The lowest BCUT2D eigenvalue weighted by Crippen LogP contribution is -2.03. The highest BCUT2D eigenvalue weighted by Crippen LogP contribution is 2.28. The second kappa shape index (κ2) is 6.95. The number of ether oxygens (including phenoxy) is 1. The van der Waals surface area contributed by atoms with E-state index in [0.29, 0.717) is 15.7 Å². The van der Waals surface area contributed by atoms with Gasteiger partial charge in [-0.1, -0.05) is 22.0 Å². The third-order valence-corrected chi connectivity index (χ3v) is 3.04. The van der Waals surface area contributed by atoms with E-state index in [-0.39, 0.29) is 11.3 Å². The molecule has 1 aromatic carbocycles. The number of hydrogen-bond acceptors (Lipinski definition) is 3. The smallest absolute Gasteiger partial charge is 0.387 e. The first kappa shape index (κ1) is 15.1. The van der Waals surface area contributed by atoms with Gasteiger partial charge in [0.15, 0.2) is 0 Å². The Labute approximate surface area is 128 Å². The first-order chi connectivity index (χ1) is 10.1. The monoisotopic (exact) mass is 350 g/mol. The Balaban J connectivity index is 2.47. The summed E-state index contributed by atoms with van der Waals surface area (Å²) in [5.74, 6) is -0.00289. The van der Waals surface area contributed by atoms with Crippen molar-refractivity contribution in [1.82, 2.24) is 4.98 Å². The average molecular weight is 351 g/mol. The van der Waals surface area contributed by atoms with Gasteiger partial charge in [-0.15, -0.1) is 0 Å². The second-order valence-corrected chi connectivity index (χ2v) is 4.86. The van der Waals surface area contributed by atoms with Crippen LogP contribution in [0.4, 0.5) is 8.78 Å². The standard InChI is InChI=1S/C15H9BrF2N2O/c16-12-4-5-14(21-15(17)18)10(8-12)7-11(9-19)13-3-1-2-6-20-13/h1-8,15H/b11-7-. The van der Waals surface area contributed by atoms with Crippen LogP contribution >= 0.6 is 15.9 Å². The highest BCUT2D eigenvalue weighted by Gasteiger charge is 2.10. The number of nitrogens with zero attached hydrogens (tertiary/aromatic N) is 2. The number of rotatable bonds is 4. The van der Waals surface area contributed by atoms with Crippen molar-refractivity contribution in [2.75, 3.05) is 0 Å². The van der Waals surface area contributed by atoms with Crippen LogP contribution in [0.25, 0.3) is 11.6 Å². The summed E-state index contributed by atoms with van der Waals surface area (Å²) >= 11 is 3.26. The van der Waals surface area contributed by atoms with Crippen molar-refractivity contribution in [3.63, 3.8) is 0 Å². The van der Waals surface area contributed by atoms with Gasteiger partial charge in [-0.2, -0.15) is 14.0 Å². The largest absolute Gasteiger partial charge is 0.434 e. The Hall–Kier alpha value is -2.26. The van der Waals surface area contributed by atoms with Crippen molar-refractivity contribution in [1.29, 1.82) is 5.26 Å². The molecule has 0 saturated heterocycles. The minimum Gasteiger partial charge on any atom is -0.434 e. The van der Waals surface area contributed by atoms with Crippen LogP contribution in [-0.2, 0) is 0 Å². The van der Waals surface area contributed by atoms with E-state index in [2.05, 4.69) is 25.7 Å². The molecule has 0 radical (unpaired) electrons. The molecule has 0 aliphatic carbocycles. The van der Waals surface area contributed by atoms with E-state index in [4.69, 9.17) is 0 Å². The number of alkyl halides is 2. The number of hydrogen-bond donors (Lipinski definition) is 0. The molecule has 6 heteroatoms. The van der Waals surface area contributed by atoms with Gasteiger partial charge in [-0.05, 0) is 36.4 Å². The summed E-state index contributed by atoms with van der Waals surface area (Å²) in [6.07, 6.45) is 3.02. The maximum Gasteiger partial charge on any atom is 0.387 e. The predicted molar refractivity (Wildman–Crippen MR) is 78.5 cm³/mol. The number of halogens is 3. The molecule has 3 nitrogen and oxygen atoms in total. The molecular formula is C15H9BrF2N2O. The van der Waals surface area contributed by atoms with Gasteiger partial charge in [0.2, 0.25) is 0 Å². The molecule has 2 aromatic rings. The van der Waals surface area contributed by atoms with Gasteiger partial charge < -0.3 is 4.74 Å². The zero-order chi connectivity index (χ0) is 15.2. The van der Waals surface area contributed by atoms with Crippen LogP contribution in [0.15, 0.2) is 47.1 Å². The molecule has 2 rings (SSSR count). The van der Waals surface area contributed by atoms with Gasteiger partial charge in [-0.3, -0.25) is 4.98 Å². The molecule has 106 valence electrons. The van der Waals surface area contributed by atoms with Crippen LogP contribution in [0, 0.1) is 11.3 Å². The van der Waals surface area contributed by atoms with Gasteiger partial charge in [0.1, 0.15) is 11.8 Å². The van der Waals surface area contributed by atoms with E-state index in [9.17, 15) is 14.0 Å². The van der Waals surface area contributed by atoms with E-state index < -0.39 is 6.61 Å². The quantitative estimate of drug-likeness (QED) is 0.762. The molecule has 0 saturated carbocycles. The summed E-state index contributed by atoms with van der Waals surface area (Å²) in [5.41, 5.74) is 1.09. The van der Waals surface area contributed by atoms with Gasteiger partial charge >= 0.3 is 6.61 Å². The Morgan fingerprint density at radius 3 is 2.76 bits per heavy atom. The second-order valence-electron chi connectivity index (χ2n) is 3.95. The summed E-state index contributed by atoms with van der Waals surface area (Å²) in [6.45, 7) is -2.93. The maximum atomic E-state index is 12.4. The molecule has 0 aliphatic heterocycles. The summed E-state index contributed by atoms with van der Waals surface area (Å²) in [5, 5.41) is 9.22. The Kier molecular flexibility index (Phi) is 5.01. The number of benzene rings is 1. The van der Waals surface area contributed by atoms with Gasteiger partial charge in [0.05, 0.1) is 11.3 Å². The number of pyridine rings is 1. The zero-order valence-corrected chi connectivity index (χ0v) is 12.2. The first-order valence-corrected chi connectivity index (χ1v) is 6.67. The molecule has 0 amide bonds. The van der Waals surface area contributed by atoms with Crippen molar-refractivity contribution >= 4 is 27.6 Å². The van der Waals surface area contributed by atoms with Crippen LogP contribution in [0.3, 0.4) is 0 Å². The highest BCUT2D eigenvalue weighted by molar-refractivity contribution is 9.10. The molecule has 1 aromatic heterocycles. The normalized spacial score (nSPS) is 11.3. The van der Waals surface area contributed by atoms with Gasteiger partial charge in [0, 0.05) is 16.2 Å². The fraction of sp³-hybridized carbons (Fsp3) is 0.0667. The minimum atomic E-state index is -2.93. The van der Waals surface area contributed by atoms with Crippen molar-refractivity contribution < 1.29 is 13.5 Å². The topological polar surface area (TPSA) is 45.9 Å². The molecule has 21 heavy (non-hydrogen) atoms. The molecule has 0 fully saturated rings. The lowest BCUT2D eigenvalue weighted by atomic mass is 10.1. The third-order valence-electron chi connectivity index (χ3n) is 2.55. The first-order valence-electron chi connectivity index (χ1n) is 5.87. The molecule has 1 heterocycles. The van der Waals surface area contributed by atoms with E-state index in [0.717, 1.165) is 0 Å². The molecule has 0 spiro atoms. The summed E-state index contributed by atoms with van der Waals surface area (Å²) in [6, 6.07) is 11.7. The zero-order valence-electron chi connectivity index (χ0n) is 10.6. The average Bonchev–Trinajstić information content (AvgIpc) is 2.48. The summed E-state index contributed by atoms with van der Waals surface area (Å²) in [4.78, 5) is 4.07. The van der Waals surface area contributed by atoms with E-state index in [1.54, 1.807) is 36.5 Å². The SMILES string of the molecule is N#C/C(=C/c1cc(Br)ccc1OC(F)F)c1ccccn1. The number of aromatic nitrogens is 1. The fourth-order valence-corrected chi connectivity index (χ4v) is 2.06. The van der Waals surface area contributed by atoms with Crippen LogP contribution in [-0.4, -0.2) is 11.6 Å². The van der Waals surface area contributed by atoms with Crippen molar-refractivity contribution in [2.24, 2.45) is 0 Å². The van der Waals surface area contributed by atoms with Crippen molar-refractivity contribution in [3.05, 3.63) is 58.3 Å². The number of allylic oxidation sites excluding steroid dienone is 1. The number of nitriles is 1. The Morgan fingerprint density at radius 1 is 1.33 bits per heavy atom. The Bertz CT molecular complexity index is 697. The molecule has 0 unspecified atom stereocenters. The van der Waals surface area contributed by atoms with E-state index >= 15 is 0 Å². The lowest BCUT2D eigenvalue weighted by Gasteiger charge is -2.09. The van der Waals surface area contributed by atoms with Gasteiger partial charge in [0.25, 0.3) is 0 Å². The summed E-state index contributed by atoms with van der Waals surface area (Å²) in [7, 11) is 0. The Morgan fingerprint density at radius 2 is 2.14 bits per heavy atom. The molecule has 0 N–H and O–H groups in total. The van der Waals surface area contributed by atoms with Gasteiger partial charge in [-0.25, -0.2) is 0 Å². The predicted octanol–water partition coefficient (Wildman–Crippen LogP) is 4.51. The molecule has 0 atom stereocenters. The van der Waals surface area contributed by atoms with Crippen LogP contribution in [0.5, 0.6) is 5.75 Å². The van der Waals surface area contributed by atoms with Crippen LogP contribution in [0.1, 0.15) is 11.3 Å². The summed E-state index contributed by atoms with van der Waals surface area (Å²) < 4.78 is 30.0. The molecule has 0 aliphatic rings. The minimum absolute atomic E-state index is 0.00289. The van der Waals surface area contributed by atoms with Crippen LogP contribution < -0.4 is 4.74 Å². The highest BCUT2D eigenvalue weighted by atomic mass is 79.9. The van der Waals surface area contributed by atoms with Crippen molar-refractivity contribution in [3.8, 4) is 11.8 Å².